The number of benzene rings is 2. The summed E-state index contributed by atoms with van der Waals surface area (Å²) in [4.78, 5) is 75.3. The Kier molecular flexibility index (Phi) is 18.2. The van der Waals surface area contributed by atoms with Gasteiger partial charge in [0.05, 0.1) is 45.2 Å². The van der Waals surface area contributed by atoms with Crippen LogP contribution in [0.4, 0.5) is 10.5 Å². The Bertz CT molecular complexity index is 2790. The summed E-state index contributed by atoms with van der Waals surface area (Å²) in [5, 5.41) is 56.0. The number of piperidine rings is 1. The van der Waals surface area contributed by atoms with Crippen molar-refractivity contribution < 1.29 is 72.8 Å². The van der Waals surface area contributed by atoms with E-state index in [1.807, 2.05) is 63.1 Å². The van der Waals surface area contributed by atoms with Gasteiger partial charge in [-0.15, -0.1) is 0 Å². The fourth-order valence-electron chi connectivity index (χ4n) is 15.6. The number of rotatable bonds is 22. The Morgan fingerprint density at radius 3 is 2.41 bits per heavy atom. The van der Waals surface area contributed by atoms with E-state index in [1.165, 1.54) is 21.1 Å². The highest BCUT2D eigenvalue weighted by molar-refractivity contribution is 5.96. The number of hydrogen-bond donors (Lipinski definition) is 7. The number of esters is 2. The lowest BCUT2D eigenvalue weighted by Crippen LogP contribution is -2.81. The van der Waals surface area contributed by atoms with Crippen molar-refractivity contribution in [3.05, 3.63) is 76.4 Å². The van der Waals surface area contributed by atoms with Gasteiger partial charge in [-0.05, 0) is 111 Å². The van der Waals surface area contributed by atoms with Gasteiger partial charge in [-0.2, -0.15) is 0 Å². The van der Waals surface area contributed by atoms with Crippen LogP contribution < -0.4 is 25.6 Å². The van der Waals surface area contributed by atoms with Gasteiger partial charge >= 0.3 is 18.0 Å². The Hall–Kier alpha value is -5.65. The van der Waals surface area contributed by atoms with E-state index in [4.69, 9.17) is 28.4 Å². The number of alkyl carbamates (subject to hydrolysis) is 1. The Morgan fingerprint density at radius 2 is 1.71 bits per heavy atom. The molecule has 2 aromatic carbocycles. The number of amides is 3. The monoisotopic (exact) mass is 1140 g/mol. The third-order valence-electron chi connectivity index (χ3n) is 19.4. The molecule has 5 heterocycles. The maximum Gasteiger partial charge on any atom is 0.407 e. The zero-order valence-corrected chi connectivity index (χ0v) is 48.9. The summed E-state index contributed by atoms with van der Waals surface area (Å²) < 4.78 is 33.7. The first-order valence-corrected chi connectivity index (χ1v) is 29.3. The largest absolute Gasteiger partial charge is 0.496 e. The molecule has 3 fully saturated rings. The van der Waals surface area contributed by atoms with Crippen LogP contribution in [0.1, 0.15) is 108 Å². The number of methoxy groups -OCH3 is 3. The van der Waals surface area contributed by atoms with Crippen LogP contribution in [0.25, 0.3) is 5.57 Å². The number of carbonyl (C=O) groups excluding carboxylic acids is 5. The van der Waals surface area contributed by atoms with Crippen molar-refractivity contribution in [1.82, 2.24) is 25.8 Å². The molecule has 0 radical (unpaired) electrons. The van der Waals surface area contributed by atoms with Crippen LogP contribution in [0, 0.1) is 11.3 Å². The summed E-state index contributed by atoms with van der Waals surface area (Å²) in [5.41, 5.74) is -0.365. The van der Waals surface area contributed by atoms with Crippen LogP contribution in [0.3, 0.4) is 0 Å². The van der Waals surface area contributed by atoms with E-state index in [-0.39, 0.29) is 57.7 Å². The number of ether oxygens (including phenoxy) is 6. The van der Waals surface area contributed by atoms with Gasteiger partial charge in [-0.25, -0.2) is 9.59 Å². The first-order chi connectivity index (χ1) is 39.3. The second kappa shape index (κ2) is 24.5. The fraction of sp³-hybridized carbons (Fsp3) is 0.656. The summed E-state index contributed by atoms with van der Waals surface area (Å²) in [6, 6.07) is 9.96. The Labute approximate surface area is 481 Å². The van der Waals surface area contributed by atoms with Crippen molar-refractivity contribution in [2.24, 2.45) is 11.3 Å². The summed E-state index contributed by atoms with van der Waals surface area (Å²) in [6.45, 7) is 9.71. The molecule has 21 heteroatoms. The molecule has 2 bridgehead atoms. The predicted molar refractivity (Wildman–Crippen MR) is 303 cm³/mol. The van der Waals surface area contributed by atoms with E-state index in [0.717, 1.165) is 27.8 Å². The lowest BCUT2D eigenvalue weighted by Gasteiger charge is -2.63. The Morgan fingerprint density at radius 1 is 0.927 bits per heavy atom. The maximum absolute atomic E-state index is 15.6. The van der Waals surface area contributed by atoms with Crippen molar-refractivity contribution >= 4 is 41.1 Å². The molecule has 3 amide bonds. The van der Waals surface area contributed by atoms with E-state index in [0.29, 0.717) is 101 Å². The number of hydrogen-bond acceptors (Lipinski definition) is 18. The Balaban J connectivity index is 0.957. The van der Waals surface area contributed by atoms with Crippen molar-refractivity contribution in [2.75, 3.05) is 98.9 Å². The topological polar surface area (TPSA) is 267 Å². The lowest BCUT2D eigenvalue weighted by molar-refractivity contribution is -0.203. The molecule has 13 atom stereocenters. The van der Waals surface area contributed by atoms with Crippen molar-refractivity contribution in [3.63, 3.8) is 0 Å². The van der Waals surface area contributed by atoms with Crippen molar-refractivity contribution in [3.8, 4) is 5.75 Å². The number of aliphatic hydroxyl groups excluding tert-OH is 2. The average Bonchev–Trinajstić information content (AvgIpc) is 3.18. The number of nitrogens with one attached hydrogen (secondary N) is 3. The highest BCUT2D eigenvalue weighted by Crippen LogP contribution is 2.68. The smallest absolute Gasteiger partial charge is 0.407 e. The van der Waals surface area contributed by atoms with Gasteiger partial charge in [0.1, 0.15) is 29.9 Å². The van der Waals surface area contributed by atoms with E-state index in [9.17, 15) is 34.8 Å². The van der Waals surface area contributed by atoms with Crippen molar-refractivity contribution in [1.29, 1.82) is 0 Å². The van der Waals surface area contributed by atoms with E-state index in [2.05, 4.69) is 43.9 Å². The second-order valence-electron chi connectivity index (χ2n) is 23.7. The number of fused-ring (bicyclic) bond motifs is 5. The van der Waals surface area contributed by atoms with Gasteiger partial charge in [-0.3, -0.25) is 24.2 Å². The highest BCUT2D eigenvalue weighted by atomic mass is 16.7. The normalized spacial score (nSPS) is 31.6. The van der Waals surface area contributed by atoms with E-state index >= 15 is 9.59 Å². The quantitative estimate of drug-likeness (QED) is 0.0294. The number of anilines is 1. The molecule has 0 aromatic heterocycles. The number of likely N-dealkylation sites (N-methyl/N-ethyl adjacent to an activating group) is 1. The van der Waals surface area contributed by atoms with E-state index in [1.54, 1.807) is 7.11 Å². The zero-order valence-electron chi connectivity index (χ0n) is 48.9. The molecular weight excluding hydrogens is 1060 g/mol. The van der Waals surface area contributed by atoms with Crippen LogP contribution in [-0.2, 0) is 60.1 Å². The van der Waals surface area contributed by atoms with Gasteiger partial charge in [0.25, 0.3) is 5.91 Å². The fourth-order valence-corrected chi connectivity index (χ4v) is 15.6. The van der Waals surface area contributed by atoms with Crippen LogP contribution in [0.2, 0.25) is 0 Å². The first kappa shape index (κ1) is 60.9. The number of aliphatic hydroxyl groups is 4. The van der Waals surface area contributed by atoms with Gasteiger partial charge in [0, 0.05) is 94.0 Å². The van der Waals surface area contributed by atoms with Gasteiger partial charge < -0.3 is 69.7 Å². The molecule has 5 aliphatic heterocycles. The second-order valence-corrected chi connectivity index (χ2v) is 23.7. The molecule has 9 rings (SSSR count). The lowest BCUT2D eigenvalue weighted by atomic mass is 9.47. The molecule has 7 aliphatic rings. The summed E-state index contributed by atoms with van der Waals surface area (Å²) in [5.74, 6) is -2.12. The van der Waals surface area contributed by atoms with Crippen LogP contribution in [-0.4, -0.2) is 202 Å². The highest BCUT2D eigenvalue weighted by Gasteiger charge is 2.78. The summed E-state index contributed by atoms with van der Waals surface area (Å²) in [7, 11) is 6.26. The third-order valence-corrected chi connectivity index (χ3v) is 19.4. The maximum atomic E-state index is 15.6. The van der Waals surface area contributed by atoms with Crippen LogP contribution >= 0.6 is 0 Å². The molecule has 2 aromatic rings. The molecule has 8 unspecified atom stereocenters. The minimum absolute atomic E-state index is 0.0341. The molecule has 21 nitrogen and oxygen atoms in total. The average molecular weight is 1140 g/mol. The molecule has 2 aliphatic carbocycles. The molecule has 2 saturated heterocycles. The minimum Gasteiger partial charge on any atom is -0.496 e. The molecule has 450 valence electrons. The van der Waals surface area contributed by atoms with Crippen LogP contribution in [0.15, 0.2) is 54.1 Å². The van der Waals surface area contributed by atoms with E-state index < -0.39 is 87.9 Å². The third kappa shape index (κ3) is 10.5. The zero-order chi connectivity index (χ0) is 58.9. The SMILES string of the molecule is CCC(CO)OC(COC(=O)NCCC(=O)NC(C)C(=O)OCCCNC(=O)[C@]1(O)C2N(C)c3cc(OC)c([C@@]4(C(=O)OC)CC5CN(CCC6=C4Cc4ccccc46)CC(O)(CC)C5)cc3[C@@]23CCN2CC=C[C@](CC)(C23)[C@H]1O)OC. The van der Waals surface area contributed by atoms with Crippen molar-refractivity contribution in [2.45, 2.75) is 151 Å². The molecular formula is C61H86N6O15. The summed E-state index contributed by atoms with van der Waals surface area (Å²) >= 11 is 0. The molecule has 7 N–H and O–H groups in total. The van der Waals surface area contributed by atoms with Gasteiger partial charge in [-0.1, -0.05) is 57.2 Å². The number of nitrogens with zero attached hydrogens (tertiary/aromatic N) is 3. The van der Waals surface area contributed by atoms with Gasteiger partial charge in [0.2, 0.25) is 5.91 Å². The first-order valence-electron chi connectivity index (χ1n) is 29.3. The molecule has 82 heavy (non-hydrogen) atoms. The predicted octanol–water partition coefficient (Wildman–Crippen LogP) is 3.01. The number of carbonyl (C=O) groups is 5. The van der Waals surface area contributed by atoms with Crippen LogP contribution in [0.5, 0.6) is 5.75 Å². The molecule has 1 spiro atoms. The summed E-state index contributed by atoms with van der Waals surface area (Å²) in [6.07, 6.45) is 4.24. The standard InChI is InChI=1S/C61H86N6O15/c1-9-40(34-68)82-49(78-7)35-81-56(74)63-23-18-48(69)64-37(4)50(70)80-27-15-22-62-54(72)61(76)52-59(21-26-67-24-14-20-58(11-3,51(59)67)53(61)71)44-29-45(47(77-6)30-46(44)65(52)5)60(55(73)79-8)32-38-31-57(75,10-2)36-66(33-38)25-19-42-41-17-13-12-16-39(41)28-43(42)60/h12-14,16-17,20,29-30,37-38,40,49,51-53,68,71,75-76H,9-11,15,18-19,21-28,31-36H2,1-8H3,(H,62,72)(H,63,74)(H,64,69)/t37?,38?,40?,49?,51?,52?,53-,57?,58-,59-,60-,61+/m1/s1. The minimum atomic E-state index is -2.41. The van der Waals surface area contributed by atoms with Gasteiger partial charge in [0.15, 0.2) is 11.9 Å². The molecule has 1 saturated carbocycles.